The van der Waals surface area contributed by atoms with Gasteiger partial charge in [0, 0.05) is 25.7 Å². The number of rotatable bonds is 6. The van der Waals surface area contributed by atoms with Crippen molar-refractivity contribution < 1.29 is 13.5 Å². The maximum Gasteiger partial charge on any atom is 0.282 e. The highest BCUT2D eigenvalue weighted by molar-refractivity contribution is 7.86. The van der Waals surface area contributed by atoms with Gasteiger partial charge >= 0.3 is 0 Å². The first-order valence-corrected chi connectivity index (χ1v) is 10.3. The minimum atomic E-state index is -3.49. The zero-order valence-electron chi connectivity index (χ0n) is 14.1. The highest BCUT2D eigenvalue weighted by Crippen LogP contribution is 2.29. The maximum absolute atomic E-state index is 13.1. The highest BCUT2D eigenvalue weighted by atomic mass is 32.2. The first-order valence-electron chi connectivity index (χ1n) is 8.86. The third kappa shape index (κ3) is 4.43. The van der Waals surface area contributed by atoms with E-state index < -0.39 is 16.3 Å². The summed E-state index contributed by atoms with van der Waals surface area (Å²) in [4.78, 5) is 0. The lowest BCUT2D eigenvalue weighted by molar-refractivity contribution is 0.128. The molecule has 22 heavy (non-hydrogen) atoms. The molecule has 0 aromatic heterocycles. The summed E-state index contributed by atoms with van der Waals surface area (Å²) < 4.78 is 29.4. The Kier molecular flexibility index (Phi) is 6.68. The Balaban J connectivity index is 2.15. The van der Waals surface area contributed by atoms with E-state index in [1.165, 1.54) is 12.8 Å². The second-order valence-electron chi connectivity index (χ2n) is 7.03. The van der Waals surface area contributed by atoms with Crippen molar-refractivity contribution in [3.63, 3.8) is 0 Å². The Morgan fingerprint density at radius 3 is 1.86 bits per heavy atom. The van der Waals surface area contributed by atoms with Crippen LogP contribution in [0.1, 0.15) is 71.1 Å². The van der Waals surface area contributed by atoms with Gasteiger partial charge in [-0.15, -0.1) is 0 Å². The van der Waals surface area contributed by atoms with E-state index >= 15 is 0 Å². The molecule has 1 atom stereocenters. The quantitative estimate of drug-likeness (QED) is 0.813. The highest BCUT2D eigenvalue weighted by Gasteiger charge is 2.37. The van der Waals surface area contributed by atoms with Crippen LogP contribution in [-0.4, -0.2) is 53.9 Å². The van der Waals surface area contributed by atoms with Gasteiger partial charge in [0.05, 0.1) is 6.10 Å². The lowest BCUT2D eigenvalue weighted by Gasteiger charge is -2.39. The first kappa shape index (κ1) is 18.2. The predicted octanol–water partition coefficient (Wildman–Crippen LogP) is 2.51. The van der Waals surface area contributed by atoms with Crippen LogP contribution in [0.5, 0.6) is 0 Å². The molecule has 2 fully saturated rings. The fourth-order valence-electron chi connectivity index (χ4n) is 3.86. The molecule has 0 aliphatic heterocycles. The molecule has 0 bridgehead atoms. The second kappa shape index (κ2) is 8.08. The van der Waals surface area contributed by atoms with Crippen molar-refractivity contribution in [1.29, 1.82) is 0 Å². The molecule has 0 aromatic rings. The number of aliphatic hydroxyl groups excluding tert-OH is 1. The van der Waals surface area contributed by atoms with Crippen LogP contribution in [0.2, 0.25) is 0 Å². The molecule has 0 heterocycles. The van der Waals surface area contributed by atoms with Gasteiger partial charge in [0.2, 0.25) is 0 Å². The monoisotopic (exact) mass is 332 g/mol. The van der Waals surface area contributed by atoms with E-state index in [1.807, 2.05) is 0 Å². The van der Waals surface area contributed by atoms with Gasteiger partial charge in [-0.3, -0.25) is 0 Å². The van der Waals surface area contributed by atoms with E-state index in [1.54, 1.807) is 22.6 Å². The average molecular weight is 333 g/mol. The molecular formula is C16H32N2O3S. The van der Waals surface area contributed by atoms with Gasteiger partial charge in [-0.1, -0.05) is 38.5 Å². The first-order chi connectivity index (χ1) is 10.4. The molecule has 0 saturated heterocycles. The van der Waals surface area contributed by atoms with Crippen LogP contribution >= 0.6 is 0 Å². The lowest BCUT2D eigenvalue weighted by Crippen LogP contribution is -2.53. The summed E-state index contributed by atoms with van der Waals surface area (Å²) in [5.74, 6) is 0. The van der Waals surface area contributed by atoms with E-state index in [4.69, 9.17) is 0 Å². The molecule has 0 amide bonds. The van der Waals surface area contributed by atoms with E-state index in [0.717, 1.165) is 51.4 Å². The third-order valence-corrected chi connectivity index (χ3v) is 7.24. The van der Waals surface area contributed by atoms with E-state index in [0.29, 0.717) is 0 Å². The average Bonchev–Trinajstić information content (AvgIpc) is 2.53. The van der Waals surface area contributed by atoms with Crippen LogP contribution in [0.25, 0.3) is 0 Å². The topological polar surface area (TPSA) is 60.9 Å². The predicted molar refractivity (Wildman–Crippen MR) is 88.8 cm³/mol. The molecule has 0 spiro atoms. The zero-order chi connectivity index (χ0) is 16.2. The molecule has 0 radical (unpaired) electrons. The van der Waals surface area contributed by atoms with Crippen LogP contribution in [0.15, 0.2) is 0 Å². The molecule has 2 saturated carbocycles. The Morgan fingerprint density at radius 2 is 1.41 bits per heavy atom. The Hall–Kier alpha value is -0.170. The van der Waals surface area contributed by atoms with Gasteiger partial charge in [0.1, 0.15) is 0 Å². The molecular weight excluding hydrogens is 300 g/mol. The molecule has 2 aliphatic rings. The molecule has 2 aliphatic carbocycles. The molecule has 6 heteroatoms. The van der Waals surface area contributed by atoms with Gasteiger partial charge in [-0.2, -0.15) is 17.0 Å². The summed E-state index contributed by atoms with van der Waals surface area (Å²) >= 11 is 0. The zero-order valence-corrected chi connectivity index (χ0v) is 14.9. The summed E-state index contributed by atoms with van der Waals surface area (Å²) in [7, 11) is -1.76. The second-order valence-corrected chi connectivity index (χ2v) is 8.97. The van der Waals surface area contributed by atoms with Crippen LogP contribution in [-0.2, 0) is 10.2 Å². The number of aliphatic hydroxyl groups is 1. The van der Waals surface area contributed by atoms with Crippen molar-refractivity contribution >= 4 is 10.2 Å². The van der Waals surface area contributed by atoms with Crippen molar-refractivity contribution in [2.75, 3.05) is 13.6 Å². The van der Waals surface area contributed by atoms with Crippen LogP contribution in [0.4, 0.5) is 0 Å². The number of hydrogen-bond donors (Lipinski definition) is 1. The number of nitrogens with zero attached hydrogens (tertiary/aromatic N) is 2. The van der Waals surface area contributed by atoms with Gasteiger partial charge in [-0.25, -0.2) is 0 Å². The summed E-state index contributed by atoms with van der Waals surface area (Å²) in [5.41, 5.74) is 0. The molecule has 1 unspecified atom stereocenters. The summed E-state index contributed by atoms with van der Waals surface area (Å²) in [6.45, 7) is 1.88. The molecule has 1 N–H and O–H groups in total. The smallest absolute Gasteiger partial charge is 0.282 e. The summed E-state index contributed by atoms with van der Waals surface area (Å²) in [5, 5.41) is 9.78. The molecule has 130 valence electrons. The Morgan fingerprint density at radius 1 is 0.955 bits per heavy atom. The fourth-order valence-corrected chi connectivity index (χ4v) is 5.77. The maximum atomic E-state index is 13.1. The Bertz CT molecular complexity index is 427. The van der Waals surface area contributed by atoms with Gasteiger partial charge in [0.15, 0.2) is 0 Å². The van der Waals surface area contributed by atoms with E-state index in [-0.39, 0.29) is 18.6 Å². The SMILES string of the molecule is CC(O)CN(C1CCCCC1)S(=O)(=O)N(C)C1CCCCC1. The standard InChI is InChI=1S/C16H32N2O3S/c1-14(19)13-18(16-11-7-4-8-12-16)22(20,21)17(2)15-9-5-3-6-10-15/h14-16,19H,3-13H2,1-2H3. The van der Waals surface area contributed by atoms with Crippen molar-refractivity contribution in [1.82, 2.24) is 8.61 Å². The Labute approximate surface area is 135 Å². The van der Waals surface area contributed by atoms with Crippen molar-refractivity contribution in [3.8, 4) is 0 Å². The van der Waals surface area contributed by atoms with Crippen molar-refractivity contribution in [2.24, 2.45) is 0 Å². The molecule has 2 rings (SSSR count). The van der Waals surface area contributed by atoms with E-state index in [2.05, 4.69) is 0 Å². The van der Waals surface area contributed by atoms with E-state index in [9.17, 15) is 13.5 Å². The van der Waals surface area contributed by atoms with Gasteiger partial charge in [-0.05, 0) is 32.6 Å². The van der Waals surface area contributed by atoms with Crippen LogP contribution in [0.3, 0.4) is 0 Å². The van der Waals surface area contributed by atoms with Gasteiger partial charge in [0.25, 0.3) is 10.2 Å². The summed E-state index contributed by atoms with van der Waals surface area (Å²) in [6, 6.07) is 0.179. The van der Waals surface area contributed by atoms with Crippen LogP contribution < -0.4 is 0 Å². The lowest BCUT2D eigenvalue weighted by atomic mass is 9.95. The molecule has 5 nitrogen and oxygen atoms in total. The fraction of sp³-hybridized carbons (Fsp3) is 1.00. The van der Waals surface area contributed by atoms with Crippen LogP contribution in [0, 0.1) is 0 Å². The largest absolute Gasteiger partial charge is 0.392 e. The minimum Gasteiger partial charge on any atom is -0.392 e. The minimum absolute atomic E-state index is 0.0550. The normalized spacial score (nSPS) is 24.0. The van der Waals surface area contributed by atoms with Crippen molar-refractivity contribution in [2.45, 2.75) is 89.3 Å². The third-order valence-electron chi connectivity index (χ3n) is 5.18. The van der Waals surface area contributed by atoms with Crippen molar-refractivity contribution in [3.05, 3.63) is 0 Å². The summed E-state index contributed by atoms with van der Waals surface area (Å²) in [6.07, 6.45) is 9.95. The number of hydrogen-bond acceptors (Lipinski definition) is 3. The molecule has 0 aromatic carbocycles. The van der Waals surface area contributed by atoms with Gasteiger partial charge < -0.3 is 5.11 Å².